The van der Waals surface area contributed by atoms with Crippen molar-refractivity contribution < 1.29 is 198 Å². The van der Waals surface area contributed by atoms with Gasteiger partial charge in [-0.25, -0.2) is 4.79 Å². The van der Waals surface area contributed by atoms with Gasteiger partial charge < -0.3 is 58.8 Å². The van der Waals surface area contributed by atoms with Crippen LogP contribution >= 0.6 is 31.9 Å². The number of benzene rings is 4. The van der Waals surface area contributed by atoms with Crippen molar-refractivity contribution in [2.75, 3.05) is 39.9 Å². The molecule has 28 heteroatoms. The van der Waals surface area contributed by atoms with Gasteiger partial charge in [-0.15, -0.1) is 6.58 Å². The minimum Gasteiger partial charge on any atom is -1.00 e. The fraction of sp³-hybridized carbons (Fsp3) is 0.443. The van der Waals surface area contributed by atoms with Crippen molar-refractivity contribution in [3.05, 3.63) is 164 Å². The Morgan fingerprint density at radius 1 is 0.573 bits per heavy atom. The molecule has 0 spiro atoms. The van der Waals surface area contributed by atoms with Crippen LogP contribution in [0.2, 0.25) is 0 Å². The van der Waals surface area contributed by atoms with E-state index in [2.05, 4.69) is 78.4 Å². The molecule has 494 valence electrons. The number of hydrogen-bond acceptors (Lipinski definition) is 13. The summed E-state index contributed by atoms with van der Waals surface area (Å²) in [6.07, 6.45) is 0.455. The van der Waals surface area contributed by atoms with E-state index in [1.54, 1.807) is 59.8 Å². The number of aryl methyl sites for hydroxylation is 4. The first-order valence-corrected chi connectivity index (χ1v) is 28.2. The molecule has 0 aromatic heterocycles. The van der Waals surface area contributed by atoms with Crippen molar-refractivity contribution in [2.24, 2.45) is 11.5 Å². The third-order valence-electron chi connectivity index (χ3n) is 9.80. The molecule has 10 N–H and O–H groups in total. The number of aliphatic hydroxyl groups is 4. The van der Waals surface area contributed by atoms with E-state index in [4.69, 9.17) is 31.7 Å². The SMILES string of the molecule is C=CC(C)(C)O.CC(C)(O)/C=C/c1cccc(CCCN)c1.CC(C)(O)/C=C/c1cccc(CCCNC(=O)C(F)(F)F)c1.CCOC(=O)C(F)(F)F.CO.NCCCc1cccc(Br)c1.O=C(NCCCc1cccc(Br)c1)C(F)(F)F.O=CO[O-].[H-].[K+].[K+]. The number of alkyl halides is 9. The number of ether oxygens (including phenoxy) is 1. The van der Waals surface area contributed by atoms with Gasteiger partial charge in [0, 0.05) is 29.1 Å². The maximum atomic E-state index is 12.0. The van der Waals surface area contributed by atoms with Crippen molar-refractivity contribution in [2.45, 2.75) is 135 Å². The molecule has 4 rings (SSSR count). The van der Waals surface area contributed by atoms with Gasteiger partial charge in [0.05, 0.1) is 23.4 Å². The molecule has 0 radical (unpaired) electrons. The molecule has 0 bridgehead atoms. The maximum Gasteiger partial charge on any atom is 1.00 e. The average Bonchev–Trinajstić information content (AvgIpc) is 3.39. The largest absolute Gasteiger partial charge is 1.00 e. The number of halogens is 11. The number of amides is 2. The van der Waals surface area contributed by atoms with Crippen LogP contribution in [0.25, 0.3) is 12.2 Å². The number of aliphatic hydroxyl groups excluding tert-OH is 1. The number of nitrogens with two attached hydrogens (primary N) is 2. The van der Waals surface area contributed by atoms with Gasteiger partial charge in [0.15, 0.2) is 0 Å². The Morgan fingerprint density at radius 3 is 1.09 bits per heavy atom. The van der Waals surface area contributed by atoms with Crippen LogP contribution in [0.4, 0.5) is 39.5 Å². The third-order valence-corrected chi connectivity index (χ3v) is 10.8. The zero-order valence-corrected chi connectivity index (χ0v) is 61.5. The van der Waals surface area contributed by atoms with Gasteiger partial charge in [-0.05, 0) is 171 Å². The van der Waals surface area contributed by atoms with E-state index >= 15 is 0 Å². The standard InChI is InChI=1S/C16H20F3NO2.C14H21NO.C11H11BrF3NO.C9H12BrN.C5H10O.C4H5F3O2.CH2O3.CH4O.2K.H/c1-15(2,22)9-8-13-6-3-5-12(11-13)7-4-10-20-14(21)16(17,18)19;1-14(2,16)9-8-13-6-3-5-12(11-13)7-4-10-15;12-9-5-1-3-8(7-9)4-2-6-16-10(17)11(13,14)15;10-9-5-1-3-8(7-9)4-2-6-11;1-4-5(2,3)6;1-2-9-3(8)4(5,6)7;2-1-4-3;1-2;;;/h3,5-6,8-9,11,22H,4,7,10H2,1-2H3,(H,20,21);3,5-6,8-9,11,16H,4,7,10,15H2,1-2H3;1,3,5,7H,2,4,6H2,(H,16,17);1,3,5,7H,2,4,6,11H2;4,6H,1H2,2-3H3;2H2,1H3;1,3H;2H,1H3;;;/q;;;;;;;;2*+1;-1/p-1/b2*9-8+;;;;;;;;;. The summed E-state index contributed by atoms with van der Waals surface area (Å²) in [4.78, 5) is 42.1. The average molecular weight is 1460 g/mol. The van der Waals surface area contributed by atoms with E-state index in [1.165, 1.54) is 24.1 Å². The van der Waals surface area contributed by atoms with Crippen molar-refractivity contribution in [3.8, 4) is 0 Å². The molecule has 0 saturated heterocycles. The molecule has 0 aliphatic rings. The maximum absolute atomic E-state index is 12.0. The molecule has 0 heterocycles. The monoisotopic (exact) mass is 1460 g/mol. The second kappa shape index (κ2) is 54.7. The normalized spacial score (nSPS) is 10.9. The minimum atomic E-state index is -4.85. The molecule has 0 aliphatic carbocycles. The molecule has 0 aliphatic heterocycles. The molecular weight excluding hydrogens is 1370 g/mol. The fourth-order valence-corrected chi connectivity index (χ4v) is 6.60. The van der Waals surface area contributed by atoms with Crippen LogP contribution in [0.15, 0.2) is 131 Å². The Hall–Kier alpha value is -2.70. The Kier molecular flexibility index (Phi) is 59.8. The van der Waals surface area contributed by atoms with Gasteiger partial charge in [-0.2, -0.15) is 39.5 Å². The van der Waals surface area contributed by atoms with Gasteiger partial charge in [0.2, 0.25) is 0 Å². The van der Waals surface area contributed by atoms with Crippen molar-refractivity contribution in [1.82, 2.24) is 10.6 Å². The second-order valence-corrected chi connectivity index (χ2v) is 21.3. The predicted octanol–water partition coefficient (Wildman–Crippen LogP) is 5.06. The number of nitrogens with one attached hydrogen (secondary N) is 2. The number of esters is 1. The zero-order valence-electron chi connectivity index (χ0n) is 53.1. The first kappa shape index (κ1) is 97.4. The van der Waals surface area contributed by atoms with E-state index in [-0.39, 0.29) is 130 Å². The first-order chi connectivity index (χ1) is 40.3. The van der Waals surface area contributed by atoms with Crippen LogP contribution in [0, 0.1) is 0 Å². The molecule has 15 nitrogen and oxygen atoms in total. The van der Waals surface area contributed by atoms with Crippen LogP contribution in [-0.2, 0) is 54.5 Å². The molecule has 89 heavy (non-hydrogen) atoms. The van der Waals surface area contributed by atoms with E-state index in [0.29, 0.717) is 25.7 Å². The molecule has 4 aromatic carbocycles. The Labute approximate surface area is 620 Å². The van der Waals surface area contributed by atoms with E-state index < -0.39 is 53.1 Å². The summed E-state index contributed by atoms with van der Waals surface area (Å²) in [6, 6.07) is 31.6. The molecular formula is C61H85Br2F9K2N4O11. The van der Waals surface area contributed by atoms with Crippen LogP contribution in [-0.4, -0.2) is 120 Å². The third kappa shape index (κ3) is 63.8. The number of carbonyl (C=O) groups excluding carboxylic acids is 4. The molecule has 0 unspecified atom stereocenters. The van der Waals surface area contributed by atoms with Crippen LogP contribution in [0.3, 0.4) is 0 Å². The van der Waals surface area contributed by atoms with Gasteiger partial charge in [0.1, 0.15) is 0 Å². The minimum absolute atomic E-state index is 0. The summed E-state index contributed by atoms with van der Waals surface area (Å²) in [5.41, 5.74) is 15.2. The van der Waals surface area contributed by atoms with E-state index in [9.17, 15) is 64.1 Å². The molecule has 4 aromatic rings. The van der Waals surface area contributed by atoms with Crippen LogP contribution in [0.5, 0.6) is 0 Å². The van der Waals surface area contributed by atoms with Crippen LogP contribution in [0.1, 0.15) is 109 Å². The van der Waals surface area contributed by atoms with Gasteiger partial charge >= 0.3 is 139 Å². The molecule has 0 saturated carbocycles. The summed E-state index contributed by atoms with van der Waals surface area (Å²) >= 11 is 6.72. The van der Waals surface area contributed by atoms with Crippen molar-refractivity contribution >= 4 is 68.3 Å². The number of carbonyl (C=O) groups is 4. The summed E-state index contributed by atoms with van der Waals surface area (Å²) in [7, 11) is 1.00. The van der Waals surface area contributed by atoms with Gasteiger partial charge in [-0.1, -0.05) is 135 Å². The van der Waals surface area contributed by atoms with E-state index in [0.717, 1.165) is 77.1 Å². The van der Waals surface area contributed by atoms with Gasteiger partial charge in [0.25, 0.3) is 6.47 Å². The van der Waals surface area contributed by atoms with Crippen LogP contribution < -0.4 is 130 Å². The number of hydrogen-bond donors (Lipinski definition) is 8. The second-order valence-electron chi connectivity index (χ2n) is 19.5. The summed E-state index contributed by atoms with van der Waals surface area (Å²) in [5, 5.41) is 47.0. The smallest absolute Gasteiger partial charge is 1.00 e. The van der Waals surface area contributed by atoms with E-state index in [1.807, 2.05) is 83.4 Å². The summed E-state index contributed by atoms with van der Waals surface area (Å²) < 4.78 is 111. The van der Waals surface area contributed by atoms with Crippen molar-refractivity contribution in [1.29, 1.82) is 0 Å². The molecule has 0 fully saturated rings. The summed E-state index contributed by atoms with van der Waals surface area (Å²) in [5.74, 6) is -5.92. The Bertz CT molecular complexity index is 2590. The quantitative estimate of drug-likeness (QED) is 0.00794. The summed E-state index contributed by atoms with van der Waals surface area (Å²) in [6.45, 7) is 16.0. The molecule has 0 atom stereocenters. The Balaban J connectivity index is -0.000000185. The zero-order chi connectivity index (χ0) is 67.9. The number of rotatable bonds is 21. The van der Waals surface area contributed by atoms with Gasteiger partial charge in [-0.3, -0.25) is 14.4 Å². The predicted molar refractivity (Wildman–Crippen MR) is 327 cm³/mol. The Morgan fingerprint density at radius 2 is 0.865 bits per heavy atom. The fourth-order valence-electron chi connectivity index (χ4n) is 5.70. The first-order valence-electron chi connectivity index (χ1n) is 26.6. The van der Waals surface area contributed by atoms with Crippen molar-refractivity contribution in [3.63, 3.8) is 0 Å². The molecule has 2 amide bonds. The topological polar surface area (TPSA) is 267 Å².